The molecule has 0 spiro atoms. The molecular weight excluding hydrogens is 714 g/mol. The van der Waals surface area contributed by atoms with Gasteiger partial charge < -0.3 is 29.9 Å². The van der Waals surface area contributed by atoms with E-state index in [0.29, 0.717) is 44.5 Å². The Morgan fingerprint density at radius 3 is 2.66 bits per heavy atom. The number of fused-ring (bicyclic) bond motifs is 1. The molecule has 2 saturated heterocycles. The number of aliphatic hydroxyl groups is 1. The number of nitrogens with zero attached hydrogens (tertiary/aromatic N) is 6. The van der Waals surface area contributed by atoms with Crippen molar-refractivity contribution in [3.05, 3.63) is 25.3 Å². The van der Waals surface area contributed by atoms with Crippen molar-refractivity contribution in [2.24, 2.45) is 39.7 Å². The molecule has 3 saturated carbocycles. The smallest absolute Gasteiger partial charge is 0.316 e. The van der Waals surface area contributed by atoms with Gasteiger partial charge in [-0.25, -0.2) is 15.0 Å². The SMILES string of the molecule is C=C[C@]1(C)C[C@@H](OC(=O)CSC2CCCN(C(=O)CCn3cnc4c(N5CCC(N)C5)ncnc43)C2)[C@]2(C)[C@H](C)CC[C@]3(CCC(=O)[C@@H]32)[C@@H](C)[C@@H]1O.Cl. The number of carbonyl (C=O) groups excluding carboxylic acids is 3. The van der Waals surface area contributed by atoms with E-state index in [-0.39, 0.29) is 70.3 Å². The Bertz CT molecular complexity index is 1710. The second-order valence-corrected chi connectivity index (χ2v) is 18.3. The van der Waals surface area contributed by atoms with Crippen LogP contribution < -0.4 is 10.6 Å². The number of piperidine rings is 1. The largest absolute Gasteiger partial charge is 0.461 e. The summed E-state index contributed by atoms with van der Waals surface area (Å²) in [6.07, 6.45) is 10.5. The van der Waals surface area contributed by atoms with Crippen LogP contribution in [-0.4, -0.2) is 103 Å². The van der Waals surface area contributed by atoms with E-state index < -0.39 is 23.0 Å². The average molecular weight is 772 g/mol. The molecule has 3 N–H and O–H groups in total. The van der Waals surface area contributed by atoms with Crippen molar-refractivity contribution in [3.8, 4) is 0 Å². The third-order valence-corrected chi connectivity index (χ3v) is 15.5. The fraction of sp³-hybridized carbons (Fsp3) is 0.744. The third kappa shape index (κ3) is 7.01. The number of aryl methyl sites for hydroxylation is 1. The van der Waals surface area contributed by atoms with E-state index in [1.807, 2.05) is 22.5 Å². The summed E-state index contributed by atoms with van der Waals surface area (Å²) < 4.78 is 8.39. The van der Waals surface area contributed by atoms with Crippen LogP contribution in [0.15, 0.2) is 25.3 Å². The number of hydrogen-bond acceptors (Lipinski definition) is 11. The number of imidazole rings is 1. The molecule has 53 heavy (non-hydrogen) atoms. The van der Waals surface area contributed by atoms with E-state index in [1.54, 1.807) is 24.4 Å². The standard InChI is InChI=1S/C39H57N7O5S.ClH/c1-6-37(4)18-29(38(5)24(2)9-13-39(25(3)34(37)50)14-10-28(47)33(38)39)51-31(49)21-52-27-8-7-15-44(20-27)30(48)12-17-46-23-43-32-35(41-22-42-36(32)46)45-16-11-26(40)19-45;/h6,22-27,29,33-34,50H,1,7-21,40H2,2-5H3;1H/t24-,25+,26?,27?,29-,33-,34+,37-,38+,39+;/m1./s1. The third-order valence-electron chi connectivity index (χ3n) is 14.2. The van der Waals surface area contributed by atoms with Gasteiger partial charge in [0.1, 0.15) is 18.2 Å². The minimum absolute atomic E-state index is 0. The number of carbonyl (C=O) groups is 3. The lowest BCUT2D eigenvalue weighted by Crippen LogP contribution is -2.63. The van der Waals surface area contributed by atoms with E-state index in [2.05, 4.69) is 47.2 Å². The van der Waals surface area contributed by atoms with Gasteiger partial charge in [0.05, 0.1) is 18.2 Å². The van der Waals surface area contributed by atoms with Crippen LogP contribution in [0.1, 0.15) is 85.5 Å². The summed E-state index contributed by atoms with van der Waals surface area (Å²) in [6, 6.07) is 0.124. The Morgan fingerprint density at radius 2 is 1.92 bits per heavy atom. The molecule has 2 aromatic heterocycles. The number of halogens is 1. The zero-order chi connectivity index (χ0) is 37.0. The van der Waals surface area contributed by atoms with Gasteiger partial charge in [0.25, 0.3) is 0 Å². The van der Waals surface area contributed by atoms with Gasteiger partial charge in [-0.05, 0) is 62.2 Å². The molecule has 12 nitrogen and oxygen atoms in total. The number of aromatic nitrogens is 4. The van der Waals surface area contributed by atoms with Gasteiger partial charge in [0.2, 0.25) is 5.91 Å². The molecule has 2 unspecified atom stereocenters. The Kier molecular flexibility index (Phi) is 11.6. The maximum atomic E-state index is 13.7. The number of amides is 1. The number of ketones is 1. The van der Waals surface area contributed by atoms with Crippen molar-refractivity contribution in [2.45, 2.75) is 116 Å². The van der Waals surface area contributed by atoms with Crippen LogP contribution in [0, 0.1) is 34.0 Å². The van der Waals surface area contributed by atoms with Crippen molar-refractivity contribution in [2.75, 3.05) is 36.8 Å². The molecule has 5 aliphatic rings. The van der Waals surface area contributed by atoms with Crippen LogP contribution in [0.3, 0.4) is 0 Å². The first kappa shape index (κ1) is 39.9. The fourth-order valence-electron chi connectivity index (χ4n) is 10.8. The highest BCUT2D eigenvalue weighted by molar-refractivity contribution is 8.00. The van der Waals surface area contributed by atoms with Gasteiger partial charge in [-0.15, -0.1) is 30.7 Å². The Hall–Kier alpha value is -2.74. The van der Waals surface area contributed by atoms with E-state index in [4.69, 9.17) is 10.5 Å². The fourth-order valence-corrected chi connectivity index (χ4v) is 11.9. The van der Waals surface area contributed by atoms with Crippen LogP contribution >= 0.6 is 24.2 Å². The van der Waals surface area contributed by atoms with E-state index in [0.717, 1.165) is 62.9 Å². The van der Waals surface area contributed by atoms with Crippen molar-refractivity contribution in [1.82, 2.24) is 24.4 Å². The van der Waals surface area contributed by atoms with Crippen LogP contribution in [0.25, 0.3) is 11.2 Å². The molecule has 1 amide bonds. The monoisotopic (exact) mass is 771 g/mol. The van der Waals surface area contributed by atoms with Crippen LogP contribution in [0.4, 0.5) is 5.82 Å². The van der Waals surface area contributed by atoms with E-state index >= 15 is 0 Å². The Balaban J connectivity index is 0.00000481. The second-order valence-electron chi connectivity index (χ2n) is 17.0. The molecule has 2 aromatic rings. The average Bonchev–Trinajstić information content (AvgIpc) is 3.87. The quantitative estimate of drug-likeness (QED) is 0.267. The second kappa shape index (κ2) is 15.4. The molecular formula is C39H58ClN7O5S. The number of esters is 1. The number of nitrogens with two attached hydrogens (primary N) is 1. The topological polar surface area (TPSA) is 157 Å². The number of thioether (sulfide) groups is 1. The normalized spacial score (nSPS) is 37.1. The lowest BCUT2D eigenvalue weighted by atomic mass is 9.44. The number of hydrogen-bond donors (Lipinski definition) is 2. The molecule has 3 aliphatic carbocycles. The number of likely N-dealkylation sites (tertiary alicyclic amines) is 1. The molecule has 4 heterocycles. The first-order chi connectivity index (χ1) is 24.8. The van der Waals surface area contributed by atoms with Crippen LogP contribution in [0.2, 0.25) is 0 Å². The molecule has 7 rings (SSSR count). The Morgan fingerprint density at radius 1 is 1.13 bits per heavy atom. The summed E-state index contributed by atoms with van der Waals surface area (Å²) in [5.74, 6) is 0.865. The molecule has 5 fully saturated rings. The lowest BCUT2D eigenvalue weighted by molar-refractivity contribution is -0.205. The van der Waals surface area contributed by atoms with Gasteiger partial charge in [0, 0.05) is 73.6 Å². The predicted octanol–water partition coefficient (Wildman–Crippen LogP) is 4.81. The first-order valence-corrected chi connectivity index (χ1v) is 20.4. The molecule has 292 valence electrons. The lowest BCUT2D eigenvalue weighted by Gasteiger charge is -2.61. The summed E-state index contributed by atoms with van der Waals surface area (Å²) in [5.41, 5.74) is 6.07. The Labute approximate surface area is 323 Å². The predicted molar refractivity (Wildman–Crippen MR) is 209 cm³/mol. The molecule has 14 heteroatoms. The van der Waals surface area contributed by atoms with Crippen molar-refractivity contribution in [1.29, 1.82) is 0 Å². The summed E-state index contributed by atoms with van der Waals surface area (Å²) >= 11 is 1.55. The number of rotatable bonds is 9. The highest BCUT2D eigenvalue weighted by Crippen LogP contribution is 2.68. The van der Waals surface area contributed by atoms with Gasteiger partial charge >= 0.3 is 5.97 Å². The summed E-state index contributed by atoms with van der Waals surface area (Å²) in [4.78, 5) is 58.5. The minimum Gasteiger partial charge on any atom is -0.461 e. The zero-order valence-electron chi connectivity index (χ0n) is 31.7. The van der Waals surface area contributed by atoms with Gasteiger partial charge in [-0.2, -0.15) is 0 Å². The molecule has 10 atom stereocenters. The highest BCUT2D eigenvalue weighted by atomic mass is 35.5. The van der Waals surface area contributed by atoms with E-state index in [9.17, 15) is 19.5 Å². The zero-order valence-corrected chi connectivity index (χ0v) is 33.4. The van der Waals surface area contributed by atoms with Crippen molar-refractivity contribution >= 4 is 58.8 Å². The van der Waals surface area contributed by atoms with Gasteiger partial charge in [0.15, 0.2) is 17.0 Å². The number of Topliss-reactive ketones (excluding diaryl/α,β-unsaturated/α-hetero) is 1. The van der Waals surface area contributed by atoms with Gasteiger partial charge in [-0.3, -0.25) is 14.4 Å². The van der Waals surface area contributed by atoms with Crippen LogP contribution in [0.5, 0.6) is 0 Å². The maximum absolute atomic E-state index is 13.7. The summed E-state index contributed by atoms with van der Waals surface area (Å²) in [5, 5.41) is 11.9. The molecule has 0 radical (unpaired) electrons. The van der Waals surface area contributed by atoms with Crippen molar-refractivity contribution in [3.63, 3.8) is 0 Å². The highest BCUT2D eigenvalue weighted by Gasteiger charge is 2.68. The number of anilines is 1. The number of ether oxygens (including phenoxy) is 1. The summed E-state index contributed by atoms with van der Waals surface area (Å²) in [7, 11) is 0. The maximum Gasteiger partial charge on any atom is 0.316 e. The van der Waals surface area contributed by atoms with Crippen LogP contribution in [-0.2, 0) is 25.7 Å². The first-order valence-electron chi connectivity index (χ1n) is 19.4. The molecule has 2 aliphatic heterocycles. The van der Waals surface area contributed by atoms with Crippen molar-refractivity contribution < 1.29 is 24.2 Å². The minimum atomic E-state index is -0.690. The van der Waals surface area contributed by atoms with E-state index in [1.165, 1.54) is 0 Å². The number of aliphatic hydroxyl groups excluding tert-OH is 1. The summed E-state index contributed by atoms with van der Waals surface area (Å²) in [6.45, 7) is 16.0. The molecule has 2 bridgehead atoms. The van der Waals surface area contributed by atoms with Gasteiger partial charge in [-0.1, -0.05) is 33.8 Å². The molecule has 0 aromatic carbocycles.